The second-order valence-corrected chi connectivity index (χ2v) is 5.52. The Balaban J connectivity index is 1.94. The van der Waals surface area contributed by atoms with E-state index in [1.54, 1.807) is 6.07 Å². The molecule has 3 rings (SSSR count). The number of hydrogen-bond acceptors (Lipinski definition) is 3. The number of nitrogens with one attached hydrogen (secondary N) is 1. The molecule has 1 N–H and O–H groups in total. The third-order valence-electron chi connectivity index (χ3n) is 4.50. The zero-order valence-corrected chi connectivity index (χ0v) is 11.1. The van der Waals surface area contributed by atoms with E-state index in [9.17, 15) is 9.65 Å². The van der Waals surface area contributed by atoms with E-state index in [0.29, 0.717) is 23.7 Å². The summed E-state index contributed by atoms with van der Waals surface area (Å²) in [4.78, 5) is 2.35. The third-order valence-corrected chi connectivity index (χ3v) is 4.50. The van der Waals surface area contributed by atoms with Gasteiger partial charge in [-0.05, 0) is 50.9 Å². The van der Waals surface area contributed by atoms with Crippen molar-refractivity contribution < 1.29 is 4.39 Å². The van der Waals surface area contributed by atoms with Crippen LogP contribution in [0.2, 0.25) is 0 Å². The first-order chi connectivity index (χ1) is 9.22. The highest BCUT2D eigenvalue weighted by Crippen LogP contribution is 2.40. The fourth-order valence-electron chi connectivity index (χ4n) is 3.63. The van der Waals surface area contributed by atoms with Gasteiger partial charge < -0.3 is 10.2 Å². The van der Waals surface area contributed by atoms with Crippen LogP contribution in [-0.2, 0) is 0 Å². The molecular formula is C15H18FN3. The van der Waals surface area contributed by atoms with Crippen LogP contribution in [0.25, 0.3) is 0 Å². The summed E-state index contributed by atoms with van der Waals surface area (Å²) >= 11 is 0. The molecule has 2 bridgehead atoms. The van der Waals surface area contributed by atoms with Gasteiger partial charge in [0, 0.05) is 18.1 Å². The largest absolute Gasteiger partial charge is 0.364 e. The Morgan fingerprint density at radius 1 is 1.32 bits per heavy atom. The molecule has 4 heteroatoms. The van der Waals surface area contributed by atoms with Crippen molar-refractivity contribution in [1.82, 2.24) is 5.32 Å². The topological polar surface area (TPSA) is 39.1 Å². The van der Waals surface area contributed by atoms with E-state index in [1.807, 2.05) is 7.05 Å². The van der Waals surface area contributed by atoms with Crippen molar-refractivity contribution in [3.63, 3.8) is 0 Å². The van der Waals surface area contributed by atoms with E-state index in [0.717, 1.165) is 18.5 Å². The normalized spacial score (nSPS) is 29.3. The van der Waals surface area contributed by atoms with Gasteiger partial charge in [-0.25, -0.2) is 4.39 Å². The van der Waals surface area contributed by atoms with Gasteiger partial charge in [-0.1, -0.05) is 0 Å². The molecule has 2 aliphatic heterocycles. The lowest BCUT2D eigenvalue weighted by Crippen LogP contribution is -2.48. The van der Waals surface area contributed by atoms with Crippen molar-refractivity contribution in [2.24, 2.45) is 0 Å². The van der Waals surface area contributed by atoms with Crippen molar-refractivity contribution in [3.05, 3.63) is 29.6 Å². The molecule has 0 saturated carbocycles. The first-order valence-electron chi connectivity index (χ1n) is 6.88. The van der Waals surface area contributed by atoms with Gasteiger partial charge in [-0.2, -0.15) is 5.26 Å². The maximum atomic E-state index is 13.2. The van der Waals surface area contributed by atoms with E-state index in [-0.39, 0.29) is 5.82 Å². The lowest BCUT2D eigenvalue weighted by molar-refractivity contribution is 0.373. The van der Waals surface area contributed by atoms with Crippen molar-refractivity contribution in [2.45, 2.75) is 43.8 Å². The van der Waals surface area contributed by atoms with Crippen LogP contribution in [0.5, 0.6) is 0 Å². The summed E-state index contributed by atoms with van der Waals surface area (Å²) in [6.45, 7) is 0. The Bertz CT molecular complexity index is 509. The van der Waals surface area contributed by atoms with Crippen molar-refractivity contribution in [2.75, 3.05) is 11.9 Å². The Morgan fingerprint density at radius 3 is 2.58 bits per heavy atom. The molecule has 2 fully saturated rings. The minimum absolute atomic E-state index is 0.335. The summed E-state index contributed by atoms with van der Waals surface area (Å²) in [6.07, 6.45) is 4.56. The van der Waals surface area contributed by atoms with E-state index in [1.165, 1.54) is 25.0 Å². The molecule has 2 saturated heterocycles. The molecule has 0 aliphatic carbocycles. The van der Waals surface area contributed by atoms with Crippen LogP contribution >= 0.6 is 0 Å². The zero-order valence-electron chi connectivity index (χ0n) is 11.1. The molecule has 0 spiro atoms. The highest BCUT2D eigenvalue weighted by molar-refractivity contribution is 5.61. The average Bonchev–Trinajstić information content (AvgIpc) is 2.69. The van der Waals surface area contributed by atoms with Gasteiger partial charge in [0.25, 0.3) is 0 Å². The quantitative estimate of drug-likeness (QED) is 0.886. The first kappa shape index (κ1) is 12.4. The van der Waals surface area contributed by atoms with E-state index in [4.69, 9.17) is 0 Å². The summed E-state index contributed by atoms with van der Waals surface area (Å²) < 4.78 is 13.2. The van der Waals surface area contributed by atoms with E-state index >= 15 is 0 Å². The predicted octanol–water partition coefficient (Wildman–Crippen LogP) is 2.42. The van der Waals surface area contributed by atoms with Crippen LogP contribution in [-0.4, -0.2) is 25.2 Å². The van der Waals surface area contributed by atoms with Crippen LogP contribution in [0.3, 0.4) is 0 Å². The van der Waals surface area contributed by atoms with Gasteiger partial charge in [-0.15, -0.1) is 0 Å². The van der Waals surface area contributed by atoms with Crippen LogP contribution in [0.15, 0.2) is 18.2 Å². The van der Waals surface area contributed by atoms with Crippen LogP contribution in [0, 0.1) is 17.1 Å². The molecule has 19 heavy (non-hydrogen) atoms. The SMILES string of the molecule is CNC1CC2CCC(C1)N2c1ccc(F)cc1C#N. The van der Waals surface area contributed by atoms with E-state index in [2.05, 4.69) is 16.3 Å². The number of piperidine rings is 1. The number of benzene rings is 1. The molecule has 0 aromatic heterocycles. The van der Waals surface area contributed by atoms with Crippen LogP contribution in [0.4, 0.5) is 10.1 Å². The Labute approximate surface area is 113 Å². The molecule has 1 aromatic rings. The summed E-state index contributed by atoms with van der Waals surface area (Å²) in [6, 6.07) is 8.23. The molecule has 100 valence electrons. The maximum Gasteiger partial charge on any atom is 0.124 e. The maximum absolute atomic E-state index is 13.2. The Kier molecular flexibility index (Phi) is 3.16. The minimum Gasteiger partial charge on any atom is -0.364 e. The average molecular weight is 259 g/mol. The summed E-state index contributed by atoms with van der Waals surface area (Å²) in [5, 5.41) is 12.6. The molecule has 1 aromatic carbocycles. The summed E-state index contributed by atoms with van der Waals surface area (Å²) in [7, 11) is 2.01. The van der Waals surface area contributed by atoms with Crippen LogP contribution < -0.4 is 10.2 Å². The highest BCUT2D eigenvalue weighted by atomic mass is 19.1. The van der Waals surface area contributed by atoms with Gasteiger partial charge in [0.15, 0.2) is 0 Å². The molecule has 2 atom stereocenters. The lowest BCUT2D eigenvalue weighted by atomic mass is 9.96. The number of halogens is 1. The molecule has 0 radical (unpaired) electrons. The lowest BCUT2D eigenvalue weighted by Gasteiger charge is -2.41. The minimum atomic E-state index is -0.335. The highest BCUT2D eigenvalue weighted by Gasteiger charge is 2.41. The van der Waals surface area contributed by atoms with Crippen molar-refractivity contribution in [1.29, 1.82) is 5.26 Å². The summed E-state index contributed by atoms with van der Waals surface area (Å²) in [5.74, 6) is -0.335. The molecule has 0 amide bonds. The fourth-order valence-corrected chi connectivity index (χ4v) is 3.63. The van der Waals surface area contributed by atoms with Gasteiger partial charge >= 0.3 is 0 Å². The number of nitrogens with zero attached hydrogens (tertiary/aromatic N) is 2. The first-order valence-corrected chi connectivity index (χ1v) is 6.88. The molecule has 2 aliphatic rings. The Morgan fingerprint density at radius 2 is 2.00 bits per heavy atom. The third kappa shape index (κ3) is 2.08. The molecular weight excluding hydrogens is 241 g/mol. The van der Waals surface area contributed by atoms with Gasteiger partial charge in [0.05, 0.1) is 11.3 Å². The fraction of sp³-hybridized carbons (Fsp3) is 0.533. The second-order valence-electron chi connectivity index (χ2n) is 5.52. The molecule has 3 nitrogen and oxygen atoms in total. The summed E-state index contributed by atoms with van der Waals surface area (Å²) in [5.41, 5.74) is 1.37. The number of anilines is 1. The van der Waals surface area contributed by atoms with Gasteiger partial charge in [0.1, 0.15) is 11.9 Å². The molecule has 2 heterocycles. The molecule has 2 unspecified atom stereocenters. The number of hydrogen-bond donors (Lipinski definition) is 1. The van der Waals surface area contributed by atoms with Gasteiger partial charge in [-0.3, -0.25) is 0 Å². The smallest absolute Gasteiger partial charge is 0.124 e. The monoisotopic (exact) mass is 259 g/mol. The number of nitriles is 1. The van der Waals surface area contributed by atoms with Crippen LogP contribution in [0.1, 0.15) is 31.2 Å². The number of rotatable bonds is 2. The standard InChI is InChI=1S/C15H18FN3/c1-18-12-7-13-3-4-14(8-12)19(13)15-5-2-11(16)6-10(15)9-17/h2,5-6,12-14,18H,3-4,7-8H2,1H3. The predicted molar refractivity (Wildman–Crippen MR) is 72.5 cm³/mol. The Hall–Kier alpha value is -1.60. The van der Waals surface area contributed by atoms with Crippen molar-refractivity contribution in [3.8, 4) is 6.07 Å². The van der Waals surface area contributed by atoms with Gasteiger partial charge in [0.2, 0.25) is 0 Å². The second kappa shape index (κ2) is 4.82. The number of fused-ring (bicyclic) bond motifs is 2. The van der Waals surface area contributed by atoms with Crippen molar-refractivity contribution >= 4 is 5.69 Å². The zero-order chi connectivity index (χ0) is 13.4. The van der Waals surface area contributed by atoms with E-state index < -0.39 is 0 Å².